The summed E-state index contributed by atoms with van der Waals surface area (Å²) in [6, 6.07) is 0. The summed E-state index contributed by atoms with van der Waals surface area (Å²) in [6.07, 6.45) is 10.4. The Morgan fingerprint density at radius 3 is 2.42 bits per heavy atom. The summed E-state index contributed by atoms with van der Waals surface area (Å²) in [7, 11) is 2.70. The van der Waals surface area contributed by atoms with Crippen molar-refractivity contribution in [1.82, 2.24) is 14.4 Å². The molecule has 0 bridgehead atoms. The standard InChI is InChI=1S/C17H24N3OP.C2H6/c1-11-15-17(22)18-9-10-20(15)16(19-11)14-7-3-5-13(12(2)21)6-4-8-14;1-2/h9-10,13-14H,3-8,22H2,1-2H3;1-2H3. The first kappa shape index (κ1) is 19.1. The first-order valence-electron chi connectivity index (χ1n) is 9.17. The molecule has 0 amide bonds. The van der Waals surface area contributed by atoms with Gasteiger partial charge in [-0.25, -0.2) is 4.98 Å². The number of imidazole rings is 1. The Morgan fingerprint density at radius 1 is 1.21 bits per heavy atom. The SMILES string of the molecule is CC.CC(=O)C1CCCC(c2nc(C)c3c(P)nccn23)CCC1. The number of fused-ring (bicyclic) bond motifs is 1. The maximum absolute atomic E-state index is 11.6. The fourth-order valence-electron chi connectivity index (χ4n) is 3.73. The number of rotatable bonds is 2. The van der Waals surface area contributed by atoms with E-state index < -0.39 is 0 Å². The molecule has 1 atom stereocenters. The Bertz CT molecular complexity index is 685. The lowest BCUT2D eigenvalue weighted by Gasteiger charge is -2.22. The topological polar surface area (TPSA) is 47.3 Å². The highest BCUT2D eigenvalue weighted by atomic mass is 31.0. The van der Waals surface area contributed by atoms with Crippen LogP contribution >= 0.6 is 9.24 Å². The van der Waals surface area contributed by atoms with Crippen molar-refractivity contribution >= 4 is 26.0 Å². The van der Waals surface area contributed by atoms with Crippen LogP contribution in [0.1, 0.15) is 76.7 Å². The summed E-state index contributed by atoms with van der Waals surface area (Å²) < 4.78 is 2.21. The molecule has 1 fully saturated rings. The van der Waals surface area contributed by atoms with Crippen LogP contribution in [0.3, 0.4) is 0 Å². The van der Waals surface area contributed by atoms with Gasteiger partial charge in [0.05, 0.1) is 16.6 Å². The summed E-state index contributed by atoms with van der Waals surface area (Å²) in [5, 5.41) is 0. The van der Waals surface area contributed by atoms with Crippen LogP contribution in [0.25, 0.3) is 5.52 Å². The van der Waals surface area contributed by atoms with Crippen molar-refractivity contribution in [3.05, 3.63) is 23.9 Å². The van der Waals surface area contributed by atoms with Crippen LogP contribution in [0, 0.1) is 12.8 Å². The highest BCUT2D eigenvalue weighted by Crippen LogP contribution is 2.33. The van der Waals surface area contributed by atoms with Crippen LogP contribution < -0.4 is 5.44 Å². The monoisotopic (exact) mass is 347 g/mol. The van der Waals surface area contributed by atoms with E-state index in [1.165, 1.54) is 5.82 Å². The number of carbonyl (C=O) groups is 1. The molecule has 2 aromatic rings. The molecule has 0 aromatic carbocycles. The molecule has 0 radical (unpaired) electrons. The van der Waals surface area contributed by atoms with Gasteiger partial charge in [-0.05, 0) is 39.5 Å². The van der Waals surface area contributed by atoms with Crippen molar-refractivity contribution in [2.75, 3.05) is 0 Å². The van der Waals surface area contributed by atoms with E-state index in [0.717, 1.165) is 55.2 Å². The van der Waals surface area contributed by atoms with Gasteiger partial charge in [0.25, 0.3) is 0 Å². The molecular weight excluding hydrogens is 317 g/mol. The van der Waals surface area contributed by atoms with Crippen molar-refractivity contribution in [3.8, 4) is 0 Å². The molecule has 1 saturated carbocycles. The van der Waals surface area contributed by atoms with Crippen LogP contribution in [0.15, 0.2) is 12.4 Å². The molecule has 1 aliphatic rings. The molecule has 0 saturated heterocycles. The molecule has 0 aliphatic heterocycles. The number of carbonyl (C=O) groups excluding carboxylic acids is 1. The molecule has 3 rings (SSSR count). The number of aromatic nitrogens is 3. The molecule has 1 aliphatic carbocycles. The normalized spacial score (nSPS) is 21.5. The smallest absolute Gasteiger partial charge is 0.132 e. The summed E-state index contributed by atoms with van der Waals surface area (Å²) in [4.78, 5) is 20.8. The Morgan fingerprint density at radius 2 is 1.83 bits per heavy atom. The lowest BCUT2D eigenvalue weighted by Crippen LogP contribution is -2.16. The third-order valence-corrected chi connectivity index (χ3v) is 5.36. The average Bonchev–Trinajstić information content (AvgIpc) is 2.87. The second-order valence-electron chi connectivity index (χ2n) is 6.45. The van der Waals surface area contributed by atoms with Gasteiger partial charge < -0.3 is 0 Å². The van der Waals surface area contributed by atoms with E-state index in [1.807, 2.05) is 26.2 Å². The van der Waals surface area contributed by atoms with Gasteiger partial charge in [0.2, 0.25) is 0 Å². The van der Waals surface area contributed by atoms with E-state index in [4.69, 9.17) is 4.98 Å². The highest BCUT2D eigenvalue weighted by molar-refractivity contribution is 7.27. The number of aryl methyl sites for hydroxylation is 1. The Kier molecular flexibility index (Phi) is 6.91. The van der Waals surface area contributed by atoms with Gasteiger partial charge in [0.15, 0.2) is 0 Å². The zero-order chi connectivity index (χ0) is 17.7. The molecule has 2 aromatic heterocycles. The fourth-order valence-corrected chi connectivity index (χ4v) is 4.17. The molecule has 0 spiro atoms. The molecule has 1 unspecified atom stereocenters. The summed E-state index contributed by atoms with van der Waals surface area (Å²) in [5.74, 6) is 2.29. The van der Waals surface area contributed by atoms with Gasteiger partial charge in [-0.15, -0.1) is 0 Å². The van der Waals surface area contributed by atoms with Gasteiger partial charge in [0, 0.05) is 24.2 Å². The Balaban J connectivity index is 0.00000100. The van der Waals surface area contributed by atoms with Crippen LogP contribution in [-0.4, -0.2) is 20.2 Å². The molecule has 2 heterocycles. The number of hydrogen-bond acceptors (Lipinski definition) is 3. The van der Waals surface area contributed by atoms with Crippen molar-refractivity contribution in [3.63, 3.8) is 0 Å². The van der Waals surface area contributed by atoms with Crippen molar-refractivity contribution < 1.29 is 4.79 Å². The van der Waals surface area contributed by atoms with E-state index in [9.17, 15) is 4.79 Å². The average molecular weight is 347 g/mol. The van der Waals surface area contributed by atoms with Crippen molar-refractivity contribution in [1.29, 1.82) is 0 Å². The van der Waals surface area contributed by atoms with E-state index in [1.54, 1.807) is 6.92 Å². The summed E-state index contributed by atoms with van der Waals surface area (Å²) in [5.41, 5.74) is 3.13. The van der Waals surface area contributed by atoms with Crippen molar-refractivity contribution in [2.24, 2.45) is 5.92 Å². The van der Waals surface area contributed by atoms with E-state index >= 15 is 0 Å². The molecule has 24 heavy (non-hydrogen) atoms. The second kappa shape index (κ2) is 8.71. The van der Waals surface area contributed by atoms with Gasteiger partial charge in [-0.1, -0.05) is 35.9 Å². The quantitative estimate of drug-likeness (QED) is 0.765. The Labute approximate surface area is 147 Å². The van der Waals surface area contributed by atoms with Gasteiger partial charge in [0.1, 0.15) is 11.6 Å². The molecule has 5 heteroatoms. The number of Topliss-reactive ketones (excluding diaryl/α,β-unsaturated/α-hetero) is 1. The zero-order valence-electron chi connectivity index (χ0n) is 15.4. The van der Waals surface area contributed by atoms with Crippen LogP contribution in [0.4, 0.5) is 0 Å². The maximum atomic E-state index is 11.6. The van der Waals surface area contributed by atoms with E-state index in [-0.39, 0.29) is 5.92 Å². The van der Waals surface area contributed by atoms with Crippen LogP contribution in [0.5, 0.6) is 0 Å². The van der Waals surface area contributed by atoms with Gasteiger partial charge >= 0.3 is 0 Å². The predicted molar refractivity (Wildman–Crippen MR) is 103 cm³/mol. The predicted octanol–water partition coefficient (Wildman–Crippen LogP) is 4.21. The summed E-state index contributed by atoms with van der Waals surface area (Å²) in [6.45, 7) is 7.80. The minimum atomic E-state index is 0.280. The van der Waals surface area contributed by atoms with Crippen LogP contribution in [-0.2, 0) is 4.79 Å². The lowest BCUT2D eigenvalue weighted by molar-refractivity contribution is -0.121. The minimum absolute atomic E-state index is 0.280. The first-order valence-corrected chi connectivity index (χ1v) is 9.75. The van der Waals surface area contributed by atoms with Gasteiger partial charge in [-0.2, -0.15) is 0 Å². The second-order valence-corrected chi connectivity index (χ2v) is 7.00. The largest absolute Gasteiger partial charge is 0.300 e. The minimum Gasteiger partial charge on any atom is -0.300 e. The Hall–Kier alpha value is -1.28. The zero-order valence-corrected chi connectivity index (χ0v) is 16.5. The maximum Gasteiger partial charge on any atom is 0.132 e. The lowest BCUT2D eigenvalue weighted by atomic mass is 9.84. The van der Waals surface area contributed by atoms with Gasteiger partial charge in [-0.3, -0.25) is 14.2 Å². The molecular formula is C19H30N3OP. The number of ketones is 1. The summed E-state index contributed by atoms with van der Waals surface area (Å²) >= 11 is 0. The van der Waals surface area contributed by atoms with Crippen LogP contribution in [0.2, 0.25) is 0 Å². The highest BCUT2D eigenvalue weighted by Gasteiger charge is 2.24. The number of nitrogens with zero attached hydrogens (tertiary/aromatic N) is 3. The molecule has 0 N–H and O–H groups in total. The molecule has 4 nitrogen and oxygen atoms in total. The molecule has 132 valence electrons. The number of hydrogen-bond donors (Lipinski definition) is 0. The van der Waals surface area contributed by atoms with E-state index in [2.05, 4.69) is 25.5 Å². The first-order chi connectivity index (χ1) is 11.6. The third-order valence-electron chi connectivity index (χ3n) is 4.94. The van der Waals surface area contributed by atoms with Crippen molar-refractivity contribution in [2.45, 2.75) is 72.1 Å². The fraction of sp³-hybridized carbons (Fsp3) is 0.632. The third kappa shape index (κ3) is 4.03. The van der Waals surface area contributed by atoms with E-state index in [0.29, 0.717) is 11.7 Å².